The van der Waals surface area contributed by atoms with Crippen molar-refractivity contribution in [3.63, 3.8) is 0 Å². The minimum Gasteiger partial charge on any atom is -0.459 e. The van der Waals surface area contributed by atoms with Gasteiger partial charge in [0.05, 0.1) is 6.61 Å². The van der Waals surface area contributed by atoms with Crippen molar-refractivity contribution in [1.82, 2.24) is 0 Å². The predicted octanol–water partition coefficient (Wildman–Crippen LogP) is 1.19. The summed E-state index contributed by atoms with van der Waals surface area (Å²) in [7, 11) is 0. The zero-order valence-electron chi connectivity index (χ0n) is 9.64. The van der Waals surface area contributed by atoms with E-state index in [4.69, 9.17) is 4.74 Å². The maximum atomic E-state index is 11.1. The highest BCUT2D eigenvalue weighted by molar-refractivity contribution is 6.20. The van der Waals surface area contributed by atoms with Crippen LogP contribution < -0.4 is 4.99 Å². The van der Waals surface area contributed by atoms with Gasteiger partial charge in [-0.1, -0.05) is 24.3 Å². The van der Waals surface area contributed by atoms with Crippen molar-refractivity contribution in [2.45, 2.75) is 6.92 Å². The molecule has 3 nitrogen and oxygen atoms in total. The van der Waals surface area contributed by atoms with Crippen LogP contribution in [-0.2, 0) is 9.53 Å². The van der Waals surface area contributed by atoms with Gasteiger partial charge in [0.2, 0.25) is 5.69 Å². The summed E-state index contributed by atoms with van der Waals surface area (Å²) in [6.45, 7) is 2.16. The first-order valence-corrected chi connectivity index (χ1v) is 5.55. The maximum Gasteiger partial charge on any atom is 0.395 e. The lowest BCUT2D eigenvalue weighted by atomic mass is 10.1. The molecule has 0 radical (unpaired) electrons. The highest BCUT2D eigenvalue weighted by Gasteiger charge is 2.02. The lowest BCUT2D eigenvalue weighted by molar-refractivity contribution is -0.347. The summed E-state index contributed by atoms with van der Waals surface area (Å²) in [5.41, 5.74) is 0.872. The second-order valence-corrected chi connectivity index (χ2v) is 3.60. The van der Waals surface area contributed by atoms with Crippen molar-refractivity contribution < 1.29 is 14.5 Å². The summed E-state index contributed by atoms with van der Waals surface area (Å²) in [5, 5.41) is 2.31. The predicted molar refractivity (Wildman–Crippen MR) is 67.3 cm³/mol. The molecule has 0 atom stereocenters. The van der Waals surface area contributed by atoms with Gasteiger partial charge in [-0.3, -0.25) is 0 Å². The largest absolute Gasteiger partial charge is 0.459 e. The van der Waals surface area contributed by atoms with E-state index in [0.29, 0.717) is 6.61 Å². The molecule has 3 heteroatoms. The molecule has 86 valence electrons. The zero-order chi connectivity index (χ0) is 12.1. The van der Waals surface area contributed by atoms with Gasteiger partial charge in [0.15, 0.2) is 0 Å². The molecule has 0 saturated heterocycles. The number of ether oxygens (including phenoxy) is 1. The molecule has 2 rings (SSSR count). The number of nitrogens with one attached hydrogen (secondary N) is 1. The summed E-state index contributed by atoms with van der Waals surface area (Å²) in [5.74, 6) is -0.361. The van der Waals surface area contributed by atoms with E-state index in [9.17, 15) is 4.79 Å². The Hall–Kier alpha value is -2.16. The molecule has 0 heterocycles. The minimum absolute atomic E-state index is 0.361. The molecule has 0 spiro atoms. The second kappa shape index (κ2) is 5.25. The Labute approximate surface area is 99.7 Å². The third-order valence-corrected chi connectivity index (χ3v) is 2.39. The van der Waals surface area contributed by atoms with E-state index in [-0.39, 0.29) is 5.97 Å². The number of carbonyl (C=O) groups is 1. The number of benzene rings is 2. The van der Waals surface area contributed by atoms with Gasteiger partial charge < -0.3 is 4.74 Å². The smallest absolute Gasteiger partial charge is 0.395 e. The molecule has 0 bridgehead atoms. The maximum absolute atomic E-state index is 11.1. The molecular weight excluding hydrogens is 214 g/mol. The van der Waals surface area contributed by atoms with Crippen LogP contribution in [0.3, 0.4) is 0 Å². The molecular formula is C14H14NO2+. The average Bonchev–Trinajstić information content (AvgIpc) is 2.36. The van der Waals surface area contributed by atoms with E-state index in [1.807, 2.05) is 42.5 Å². The molecule has 17 heavy (non-hydrogen) atoms. The van der Waals surface area contributed by atoms with Gasteiger partial charge in [-0.15, -0.1) is 0 Å². The van der Waals surface area contributed by atoms with Crippen LogP contribution in [0, 0.1) is 0 Å². The number of carbonyl (C=O) groups excluding carboxylic acids is 1. The molecule has 2 aromatic carbocycles. The molecule has 0 aromatic heterocycles. The molecule has 0 aliphatic rings. The fraction of sp³-hybridized carbons (Fsp3) is 0.143. The first-order valence-electron chi connectivity index (χ1n) is 5.55. The van der Waals surface area contributed by atoms with E-state index in [2.05, 4.69) is 4.99 Å². The topological polar surface area (TPSA) is 40.3 Å². The number of esters is 1. The molecule has 0 unspecified atom stereocenters. The Morgan fingerprint density at radius 1 is 1.24 bits per heavy atom. The van der Waals surface area contributed by atoms with E-state index in [1.165, 1.54) is 11.6 Å². The van der Waals surface area contributed by atoms with Crippen LogP contribution in [0.2, 0.25) is 0 Å². The highest BCUT2D eigenvalue weighted by Crippen LogP contribution is 2.15. The molecule has 0 saturated carbocycles. The summed E-state index contributed by atoms with van der Waals surface area (Å²) in [4.78, 5) is 14.1. The van der Waals surface area contributed by atoms with E-state index >= 15 is 0 Å². The molecule has 0 aliphatic carbocycles. The van der Waals surface area contributed by atoms with Gasteiger partial charge in [-0.2, -0.15) is 0 Å². The van der Waals surface area contributed by atoms with Gasteiger partial charge in [0.1, 0.15) is 0 Å². The van der Waals surface area contributed by atoms with Crippen LogP contribution in [0.15, 0.2) is 42.5 Å². The Kier molecular flexibility index (Phi) is 3.50. The van der Waals surface area contributed by atoms with Crippen molar-refractivity contribution in [2.75, 3.05) is 6.61 Å². The van der Waals surface area contributed by atoms with Gasteiger partial charge in [0.25, 0.3) is 6.21 Å². The van der Waals surface area contributed by atoms with Gasteiger partial charge in [-0.05, 0) is 23.8 Å². The van der Waals surface area contributed by atoms with Crippen LogP contribution in [0.25, 0.3) is 10.8 Å². The van der Waals surface area contributed by atoms with Crippen LogP contribution in [0.1, 0.15) is 6.92 Å². The summed E-state index contributed by atoms with van der Waals surface area (Å²) in [6.07, 6.45) is 1.33. The number of fused-ring (bicyclic) bond motifs is 1. The zero-order valence-corrected chi connectivity index (χ0v) is 9.64. The first kappa shape index (κ1) is 11.3. The van der Waals surface area contributed by atoms with Crippen molar-refractivity contribution in [3.05, 3.63) is 42.5 Å². The van der Waals surface area contributed by atoms with Crippen molar-refractivity contribution in [3.8, 4) is 0 Å². The van der Waals surface area contributed by atoms with Crippen molar-refractivity contribution in [2.24, 2.45) is 0 Å². The van der Waals surface area contributed by atoms with Gasteiger partial charge in [0, 0.05) is 12.1 Å². The lowest BCUT2D eigenvalue weighted by Crippen LogP contribution is -2.63. The van der Waals surface area contributed by atoms with E-state index in [1.54, 1.807) is 6.92 Å². The van der Waals surface area contributed by atoms with Crippen LogP contribution in [-0.4, -0.2) is 18.8 Å². The van der Waals surface area contributed by atoms with Crippen LogP contribution in [0.5, 0.6) is 0 Å². The Morgan fingerprint density at radius 3 is 2.76 bits per heavy atom. The fourth-order valence-electron chi connectivity index (χ4n) is 1.61. The SMILES string of the molecule is CCOC(=O)C=[NH+]c1ccc2ccccc2c1. The third kappa shape index (κ3) is 2.91. The Balaban J connectivity index is 2.22. The normalized spacial score (nSPS) is 10.9. The average molecular weight is 228 g/mol. The van der Waals surface area contributed by atoms with Crippen LogP contribution >= 0.6 is 0 Å². The molecule has 1 N–H and O–H groups in total. The third-order valence-electron chi connectivity index (χ3n) is 2.39. The van der Waals surface area contributed by atoms with Crippen molar-refractivity contribution >= 4 is 28.6 Å². The minimum atomic E-state index is -0.361. The Morgan fingerprint density at radius 2 is 2.00 bits per heavy atom. The number of hydrogen-bond acceptors (Lipinski definition) is 2. The van der Waals surface area contributed by atoms with Crippen LogP contribution in [0.4, 0.5) is 5.69 Å². The van der Waals surface area contributed by atoms with Crippen molar-refractivity contribution in [1.29, 1.82) is 0 Å². The van der Waals surface area contributed by atoms with Gasteiger partial charge in [-0.25, -0.2) is 9.79 Å². The summed E-state index contributed by atoms with van der Waals surface area (Å²) < 4.78 is 4.79. The molecule has 2 aromatic rings. The monoisotopic (exact) mass is 228 g/mol. The Bertz CT molecular complexity index is 561. The summed E-state index contributed by atoms with van der Waals surface area (Å²) in [6, 6.07) is 14.0. The standard InChI is InChI=1S/C14H13NO2/c1-2-17-14(16)10-15-13-8-7-11-5-3-4-6-12(11)9-13/h3-10H,2H2,1H3/p+1. The first-order chi connectivity index (χ1) is 8.29. The van der Waals surface area contributed by atoms with Gasteiger partial charge >= 0.3 is 5.97 Å². The molecule has 0 aliphatic heterocycles. The lowest BCUT2D eigenvalue weighted by Gasteiger charge is -1.95. The molecule has 0 amide bonds. The van der Waals surface area contributed by atoms with E-state index < -0.39 is 0 Å². The van der Waals surface area contributed by atoms with E-state index in [0.717, 1.165) is 11.1 Å². The number of rotatable bonds is 3. The highest BCUT2D eigenvalue weighted by atomic mass is 16.5. The fourth-order valence-corrected chi connectivity index (χ4v) is 1.61. The summed E-state index contributed by atoms with van der Waals surface area (Å²) >= 11 is 0. The molecule has 0 fully saturated rings. The number of hydrogen-bond donors (Lipinski definition) is 1. The quantitative estimate of drug-likeness (QED) is 0.633. The second-order valence-electron chi connectivity index (χ2n) is 3.60.